The number of aryl methyl sites for hydroxylation is 1. The van der Waals surface area contributed by atoms with Crippen LogP contribution in [-0.2, 0) is 14.8 Å². The van der Waals surface area contributed by atoms with E-state index in [1.807, 2.05) is 0 Å². The maximum atomic E-state index is 13.4. The highest BCUT2D eigenvalue weighted by molar-refractivity contribution is 7.89. The van der Waals surface area contributed by atoms with Crippen molar-refractivity contribution in [2.24, 2.45) is 5.41 Å². The summed E-state index contributed by atoms with van der Waals surface area (Å²) >= 11 is 0. The van der Waals surface area contributed by atoms with Crippen molar-refractivity contribution in [1.29, 1.82) is 0 Å². The number of nitrogens with one attached hydrogen (secondary N) is 2. The molecule has 0 saturated carbocycles. The van der Waals surface area contributed by atoms with Gasteiger partial charge in [0.05, 0.1) is 16.0 Å². The number of sulfonamides is 1. The number of benzene rings is 1. The molecule has 4 N–H and O–H groups in total. The summed E-state index contributed by atoms with van der Waals surface area (Å²) in [5.74, 6) is -0.931. The van der Waals surface area contributed by atoms with Gasteiger partial charge in [0.25, 0.3) is 0 Å². The number of hydrogen-bond acceptors (Lipinski definition) is 4. The third kappa shape index (κ3) is 3.92. The van der Waals surface area contributed by atoms with Crippen LogP contribution in [0.1, 0.15) is 19.4 Å². The minimum Gasteiger partial charge on any atom is -0.396 e. The summed E-state index contributed by atoms with van der Waals surface area (Å²) in [6.45, 7) is 4.56. The molecule has 6 nitrogen and oxygen atoms in total. The fraction of sp³-hybridized carbons (Fsp3) is 0.462. The molecule has 0 radical (unpaired) electrons. The molecule has 0 unspecified atom stereocenters. The average Bonchev–Trinajstić information content (AvgIpc) is 2.41. The first kappa shape index (κ1) is 17.4. The molecule has 0 heterocycles. The largest absolute Gasteiger partial charge is 0.396 e. The Balaban J connectivity index is 3.01. The van der Waals surface area contributed by atoms with Crippen LogP contribution in [0.5, 0.6) is 0 Å². The lowest BCUT2D eigenvalue weighted by molar-refractivity contribution is -0.128. The Kier molecular flexibility index (Phi) is 4.95. The fourth-order valence-corrected chi connectivity index (χ4v) is 3.03. The molecule has 0 aromatic heterocycles. The SMILES string of the molecule is CNC(=O)C(C)(C)CNS(=O)(=O)c1cc(C)c(F)c(N)c1. The first-order chi connectivity index (χ1) is 9.51. The molecule has 0 aliphatic rings. The zero-order valence-electron chi connectivity index (χ0n) is 12.5. The fourth-order valence-electron chi connectivity index (χ4n) is 1.70. The van der Waals surface area contributed by atoms with Gasteiger partial charge in [-0.25, -0.2) is 17.5 Å². The van der Waals surface area contributed by atoms with Gasteiger partial charge in [-0.3, -0.25) is 4.79 Å². The summed E-state index contributed by atoms with van der Waals surface area (Å²) in [5.41, 5.74) is 4.43. The number of carbonyl (C=O) groups is 1. The first-order valence-corrected chi connectivity index (χ1v) is 7.77. The van der Waals surface area contributed by atoms with Crippen LogP contribution in [0.25, 0.3) is 0 Å². The Bertz CT molecular complexity index is 634. The molecule has 0 bridgehead atoms. The first-order valence-electron chi connectivity index (χ1n) is 6.29. The predicted molar refractivity (Wildman–Crippen MR) is 78.6 cm³/mol. The van der Waals surface area contributed by atoms with Crippen LogP contribution >= 0.6 is 0 Å². The minimum atomic E-state index is -3.87. The highest BCUT2D eigenvalue weighted by atomic mass is 32.2. The molecule has 118 valence electrons. The molecule has 0 fully saturated rings. The van der Waals surface area contributed by atoms with Crippen LogP contribution in [0, 0.1) is 18.2 Å². The van der Waals surface area contributed by atoms with Crippen LogP contribution < -0.4 is 15.8 Å². The zero-order valence-corrected chi connectivity index (χ0v) is 13.3. The zero-order chi connectivity index (χ0) is 16.4. The van der Waals surface area contributed by atoms with Crippen LogP contribution in [0.15, 0.2) is 17.0 Å². The molecule has 21 heavy (non-hydrogen) atoms. The van der Waals surface area contributed by atoms with E-state index in [2.05, 4.69) is 10.0 Å². The van der Waals surface area contributed by atoms with Gasteiger partial charge in [-0.15, -0.1) is 0 Å². The smallest absolute Gasteiger partial charge is 0.240 e. The summed E-state index contributed by atoms with van der Waals surface area (Å²) in [7, 11) is -2.40. The molecule has 1 rings (SSSR count). The van der Waals surface area contributed by atoms with E-state index in [0.29, 0.717) is 0 Å². The summed E-state index contributed by atoms with van der Waals surface area (Å²) in [5, 5.41) is 2.46. The average molecular weight is 317 g/mol. The Labute approximate surface area is 124 Å². The lowest BCUT2D eigenvalue weighted by Crippen LogP contribution is -2.43. The number of halogens is 1. The second-order valence-electron chi connectivity index (χ2n) is 5.43. The van der Waals surface area contributed by atoms with E-state index in [-0.39, 0.29) is 28.6 Å². The van der Waals surface area contributed by atoms with Gasteiger partial charge in [0, 0.05) is 13.6 Å². The van der Waals surface area contributed by atoms with E-state index in [1.54, 1.807) is 13.8 Å². The van der Waals surface area contributed by atoms with Gasteiger partial charge in [-0.05, 0) is 38.5 Å². The molecule has 0 aliphatic heterocycles. The van der Waals surface area contributed by atoms with Crippen molar-refractivity contribution in [3.05, 3.63) is 23.5 Å². The standard InChI is InChI=1S/C13H20FN3O3S/c1-8-5-9(6-10(15)11(8)14)21(19,20)17-7-13(2,3)12(18)16-4/h5-6,17H,7,15H2,1-4H3,(H,16,18). The quantitative estimate of drug-likeness (QED) is 0.698. The number of rotatable bonds is 5. The lowest BCUT2D eigenvalue weighted by Gasteiger charge is -2.22. The number of nitrogens with two attached hydrogens (primary N) is 1. The van der Waals surface area contributed by atoms with Gasteiger partial charge in [0.1, 0.15) is 5.82 Å². The van der Waals surface area contributed by atoms with Gasteiger partial charge >= 0.3 is 0 Å². The van der Waals surface area contributed by atoms with E-state index < -0.39 is 21.3 Å². The molecule has 1 aromatic rings. The molecular weight excluding hydrogens is 297 g/mol. The highest BCUT2D eigenvalue weighted by Gasteiger charge is 2.29. The van der Waals surface area contributed by atoms with Crippen molar-refractivity contribution in [1.82, 2.24) is 10.0 Å². The minimum absolute atomic E-state index is 0.0919. The molecule has 1 amide bonds. The normalized spacial score (nSPS) is 12.2. The van der Waals surface area contributed by atoms with Crippen molar-refractivity contribution < 1.29 is 17.6 Å². The van der Waals surface area contributed by atoms with Crippen molar-refractivity contribution in [2.75, 3.05) is 19.3 Å². The van der Waals surface area contributed by atoms with Crippen LogP contribution in [0.2, 0.25) is 0 Å². The number of nitrogen functional groups attached to an aromatic ring is 1. The van der Waals surface area contributed by atoms with Crippen LogP contribution in [-0.4, -0.2) is 27.9 Å². The van der Waals surface area contributed by atoms with E-state index in [4.69, 9.17) is 5.73 Å². The summed E-state index contributed by atoms with van der Waals surface area (Å²) in [6, 6.07) is 2.25. The molecule has 0 aliphatic carbocycles. The van der Waals surface area contributed by atoms with E-state index in [9.17, 15) is 17.6 Å². The van der Waals surface area contributed by atoms with Gasteiger partial charge in [0.15, 0.2) is 0 Å². The van der Waals surface area contributed by atoms with E-state index >= 15 is 0 Å². The van der Waals surface area contributed by atoms with E-state index in [0.717, 1.165) is 6.07 Å². The number of amides is 1. The Morgan fingerprint density at radius 3 is 2.43 bits per heavy atom. The predicted octanol–water partition coefficient (Wildman–Crippen LogP) is 0.767. The second-order valence-corrected chi connectivity index (χ2v) is 7.20. The summed E-state index contributed by atoms with van der Waals surface area (Å²) in [4.78, 5) is 11.5. The Morgan fingerprint density at radius 2 is 1.95 bits per heavy atom. The third-order valence-electron chi connectivity index (χ3n) is 3.11. The number of anilines is 1. The number of carbonyl (C=O) groups excluding carboxylic acids is 1. The monoisotopic (exact) mass is 317 g/mol. The van der Waals surface area contributed by atoms with Gasteiger partial charge in [0.2, 0.25) is 15.9 Å². The lowest BCUT2D eigenvalue weighted by atomic mass is 9.93. The Morgan fingerprint density at radius 1 is 1.38 bits per heavy atom. The van der Waals surface area contributed by atoms with Gasteiger partial charge in [-0.2, -0.15) is 0 Å². The third-order valence-corrected chi connectivity index (χ3v) is 4.49. The number of hydrogen-bond donors (Lipinski definition) is 3. The Hall–Kier alpha value is -1.67. The van der Waals surface area contributed by atoms with E-state index in [1.165, 1.54) is 20.0 Å². The van der Waals surface area contributed by atoms with Crippen LogP contribution in [0.4, 0.5) is 10.1 Å². The van der Waals surface area contributed by atoms with Crippen molar-refractivity contribution >= 4 is 21.6 Å². The topological polar surface area (TPSA) is 101 Å². The molecule has 1 aromatic carbocycles. The van der Waals surface area contributed by atoms with Gasteiger partial charge < -0.3 is 11.1 Å². The molecule has 0 saturated heterocycles. The van der Waals surface area contributed by atoms with Gasteiger partial charge in [-0.1, -0.05) is 0 Å². The van der Waals surface area contributed by atoms with Crippen molar-refractivity contribution in [3.8, 4) is 0 Å². The summed E-state index contributed by atoms with van der Waals surface area (Å²) in [6.07, 6.45) is 0. The maximum absolute atomic E-state index is 13.4. The van der Waals surface area contributed by atoms with Crippen LogP contribution in [0.3, 0.4) is 0 Å². The maximum Gasteiger partial charge on any atom is 0.240 e. The molecule has 0 spiro atoms. The molecular formula is C13H20FN3O3S. The van der Waals surface area contributed by atoms with Crippen molar-refractivity contribution in [2.45, 2.75) is 25.7 Å². The summed E-state index contributed by atoms with van der Waals surface area (Å²) < 4.78 is 40.1. The molecule has 0 atom stereocenters. The second kappa shape index (κ2) is 5.98. The molecule has 8 heteroatoms. The van der Waals surface area contributed by atoms with Crippen molar-refractivity contribution in [3.63, 3.8) is 0 Å². The highest BCUT2D eigenvalue weighted by Crippen LogP contribution is 2.21.